The first-order valence-corrected chi connectivity index (χ1v) is 9.92. The Kier molecular flexibility index (Phi) is 10.0. The molecule has 10 heteroatoms. The largest absolute Gasteiger partial charge is 0.490 e. The van der Waals surface area contributed by atoms with Crippen LogP contribution in [0.4, 0.5) is 14.6 Å². The van der Waals surface area contributed by atoms with E-state index in [1.807, 2.05) is 18.2 Å². The van der Waals surface area contributed by atoms with Gasteiger partial charge in [-0.1, -0.05) is 12.1 Å². The minimum Gasteiger partial charge on any atom is -0.490 e. The number of halogens is 3. The fourth-order valence-electron chi connectivity index (χ4n) is 3.33. The number of guanidine groups is 1. The predicted octanol–water partition coefficient (Wildman–Crippen LogP) is 3.60. The van der Waals surface area contributed by atoms with Crippen molar-refractivity contribution in [3.05, 3.63) is 48.2 Å². The number of benzene rings is 1. The number of aliphatic imine (C=N–C) groups is 1. The van der Waals surface area contributed by atoms with Crippen molar-refractivity contribution in [1.29, 1.82) is 0 Å². The van der Waals surface area contributed by atoms with Gasteiger partial charge in [0.1, 0.15) is 5.82 Å². The number of hydrogen-bond acceptors (Lipinski definition) is 5. The minimum absolute atomic E-state index is 0. The van der Waals surface area contributed by atoms with Crippen LogP contribution in [0.5, 0.6) is 11.5 Å². The van der Waals surface area contributed by atoms with Crippen LogP contribution in [0.1, 0.15) is 12.5 Å². The van der Waals surface area contributed by atoms with E-state index < -0.39 is 6.61 Å². The third kappa shape index (κ3) is 7.08. The van der Waals surface area contributed by atoms with Gasteiger partial charge in [-0.2, -0.15) is 8.78 Å². The number of nitrogens with zero attached hydrogens (tertiary/aromatic N) is 4. The number of alkyl halides is 2. The van der Waals surface area contributed by atoms with E-state index in [1.165, 1.54) is 6.07 Å². The molecule has 1 saturated heterocycles. The summed E-state index contributed by atoms with van der Waals surface area (Å²) < 4.78 is 35.1. The van der Waals surface area contributed by atoms with Crippen LogP contribution in [0.2, 0.25) is 0 Å². The fraction of sp³-hybridized carbons (Fsp3) is 0.429. The second-order valence-electron chi connectivity index (χ2n) is 6.66. The van der Waals surface area contributed by atoms with E-state index in [0.29, 0.717) is 18.9 Å². The van der Waals surface area contributed by atoms with Crippen LogP contribution in [-0.4, -0.2) is 62.3 Å². The van der Waals surface area contributed by atoms with Crippen LogP contribution < -0.4 is 19.7 Å². The number of ether oxygens (including phenoxy) is 2. The minimum atomic E-state index is -2.89. The van der Waals surface area contributed by atoms with Crippen LogP contribution in [0.3, 0.4) is 0 Å². The summed E-state index contributed by atoms with van der Waals surface area (Å²) in [6, 6.07) is 10.9. The van der Waals surface area contributed by atoms with E-state index in [-0.39, 0.29) is 29.7 Å². The Balaban J connectivity index is 0.00000341. The molecule has 0 unspecified atom stereocenters. The van der Waals surface area contributed by atoms with Crippen molar-refractivity contribution in [2.24, 2.45) is 4.99 Å². The maximum Gasteiger partial charge on any atom is 0.387 e. The van der Waals surface area contributed by atoms with E-state index >= 15 is 0 Å². The molecule has 1 aliphatic rings. The van der Waals surface area contributed by atoms with Gasteiger partial charge in [-0.05, 0) is 36.8 Å². The average molecular weight is 547 g/mol. The van der Waals surface area contributed by atoms with Crippen molar-refractivity contribution < 1.29 is 18.3 Å². The van der Waals surface area contributed by atoms with Crippen molar-refractivity contribution in [1.82, 2.24) is 15.2 Å². The van der Waals surface area contributed by atoms with E-state index in [2.05, 4.69) is 29.8 Å². The molecule has 0 spiro atoms. The van der Waals surface area contributed by atoms with Crippen molar-refractivity contribution in [3.8, 4) is 11.5 Å². The van der Waals surface area contributed by atoms with E-state index in [1.54, 1.807) is 32.3 Å². The van der Waals surface area contributed by atoms with Crippen molar-refractivity contribution >= 4 is 35.8 Å². The van der Waals surface area contributed by atoms with Crippen molar-refractivity contribution in [2.45, 2.75) is 20.1 Å². The molecule has 0 amide bonds. The first-order chi connectivity index (χ1) is 14.6. The second-order valence-corrected chi connectivity index (χ2v) is 6.66. The maximum absolute atomic E-state index is 12.6. The predicted molar refractivity (Wildman–Crippen MR) is 128 cm³/mol. The first kappa shape index (κ1) is 24.9. The molecule has 1 aromatic heterocycles. The highest BCUT2D eigenvalue weighted by atomic mass is 127. The molecule has 2 aromatic rings. The second kappa shape index (κ2) is 12.5. The molecule has 170 valence electrons. The van der Waals surface area contributed by atoms with Gasteiger partial charge in [0.15, 0.2) is 17.5 Å². The van der Waals surface area contributed by atoms with Crippen LogP contribution in [0.15, 0.2) is 47.6 Å². The van der Waals surface area contributed by atoms with Gasteiger partial charge in [0.2, 0.25) is 0 Å². The zero-order chi connectivity index (χ0) is 21.3. The molecule has 2 heterocycles. The van der Waals surface area contributed by atoms with Gasteiger partial charge < -0.3 is 24.6 Å². The topological polar surface area (TPSA) is 62.2 Å². The lowest BCUT2D eigenvalue weighted by Crippen LogP contribution is -2.52. The van der Waals surface area contributed by atoms with Gasteiger partial charge in [-0.3, -0.25) is 4.99 Å². The fourth-order valence-corrected chi connectivity index (χ4v) is 3.33. The maximum atomic E-state index is 12.6. The summed E-state index contributed by atoms with van der Waals surface area (Å²) in [4.78, 5) is 13.2. The number of piperazine rings is 1. The Morgan fingerprint density at radius 3 is 2.55 bits per heavy atom. The standard InChI is InChI=1S/C21H27F2N5O2.HI/c1-3-29-18-14-16(7-8-17(18)30-20(22)23)15-26-21(24-2)28-12-10-27(11-13-28)19-6-4-5-9-25-19;/h4-9,14,20H,3,10-13,15H2,1-2H3,(H,24,26);1H. The Hall–Kier alpha value is -2.37. The van der Waals surface area contributed by atoms with E-state index in [0.717, 1.165) is 43.5 Å². The normalized spacial score (nSPS) is 14.3. The quantitative estimate of drug-likeness (QED) is 0.325. The molecule has 0 atom stereocenters. The zero-order valence-corrected chi connectivity index (χ0v) is 20.0. The Morgan fingerprint density at radius 1 is 1.16 bits per heavy atom. The molecule has 3 rings (SSSR count). The summed E-state index contributed by atoms with van der Waals surface area (Å²) in [5.41, 5.74) is 0.883. The van der Waals surface area contributed by atoms with Gasteiger partial charge in [0, 0.05) is 46.0 Å². The van der Waals surface area contributed by atoms with Crippen molar-refractivity contribution in [3.63, 3.8) is 0 Å². The molecule has 1 fully saturated rings. The van der Waals surface area contributed by atoms with Gasteiger partial charge in [0.25, 0.3) is 0 Å². The molecule has 1 aliphatic heterocycles. The molecular formula is C21H28F2IN5O2. The highest BCUT2D eigenvalue weighted by molar-refractivity contribution is 14.0. The number of hydrogen-bond donors (Lipinski definition) is 1. The molecule has 0 saturated carbocycles. The van der Waals surface area contributed by atoms with Crippen LogP contribution >= 0.6 is 24.0 Å². The third-order valence-electron chi connectivity index (χ3n) is 4.74. The lowest BCUT2D eigenvalue weighted by atomic mass is 10.2. The van der Waals surface area contributed by atoms with Crippen LogP contribution in [0, 0.1) is 0 Å². The Bertz CT molecular complexity index is 834. The number of nitrogens with one attached hydrogen (secondary N) is 1. The highest BCUT2D eigenvalue weighted by Gasteiger charge is 2.20. The lowest BCUT2D eigenvalue weighted by Gasteiger charge is -2.37. The lowest BCUT2D eigenvalue weighted by molar-refractivity contribution is -0.0514. The number of pyridine rings is 1. The van der Waals surface area contributed by atoms with Gasteiger partial charge in [0.05, 0.1) is 6.61 Å². The molecular weight excluding hydrogens is 519 g/mol. The van der Waals surface area contributed by atoms with Crippen LogP contribution in [0.25, 0.3) is 0 Å². The molecule has 31 heavy (non-hydrogen) atoms. The zero-order valence-electron chi connectivity index (χ0n) is 17.6. The van der Waals surface area contributed by atoms with Crippen molar-refractivity contribution in [2.75, 3.05) is 44.7 Å². The summed E-state index contributed by atoms with van der Waals surface area (Å²) in [6.45, 7) is 3.10. The number of anilines is 1. The van der Waals surface area contributed by atoms with Gasteiger partial charge in [-0.25, -0.2) is 4.98 Å². The summed E-state index contributed by atoms with van der Waals surface area (Å²) in [5.74, 6) is 2.11. The third-order valence-corrected chi connectivity index (χ3v) is 4.74. The van der Waals surface area contributed by atoms with E-state index in [9.17, 15) is 8.78 Å². The summed E-state index contributed by atoms with van der Waals surface area (Å²) in [7, 11) is 1.75. The smallest absolute Gasteiger partial charge is 0.387 e. The SMILES string of the molecule is CCOc1cc(CNC(=NC)N2CCN(c3ccccn3)CC2)ccc1OC(F)F.I. The number of aromatic nitrogens is 1. The Morgan fingerprint density at radius 2 is 1.94 bits per heavy atom. The first-order valence-electron chi connectivity index (χ1n) is 9.92. The average Bonchev–Trinajstić information content (AvgIpc) is 2.77. The van der Waals surface area contributed by atoms with Gasteiger partial charge >= 0.3 is 6.61 Å². The highest BCUT2D eigenvalue weighted by Crippen LogP contribution is 2.29. The van der Waals surface area contributed by atoms with Gasteiger partial charge in [-0.15, -0.1) is 24.0 Å². The van der Waals surface area contributed by atoms with Crippen LogP contribution in [-0.2, 0) is 6.54 Å². The molecule has 1 aromatic carbocycles. The molecule has 0 aliphatic carbocycles. The Labute approximate surface area is 198 Å². The monoisotopic (exact) mass is 547 g/mol. The molecule has 7 nitrogen and oxygen atoms in total. The molecule has 0 bridgehead atoms. The number of rotatable bonds is 7. The summed E-state index contributed by atoms with van der Waals surface area (Å²) >= 11 is 0. The summed E-state index contributed by atoms with van der Waals surface area (Å²) in [6.07, 6.45) is 1.80. The summed E-state index contributed by atoms with van der Waals surface area (Å²) in [5, 5.41) is 3.34. The molecule has 1 N–H and O–H groups in total. The van der Waals surface area contributed by atoms with E-state index in [4.69, 9.17) is 4.74 Å². The molecule has 0 radical (unpaired) electrons.